The number of benzene rings is 2. The third kappa shape index (κ3) is 4.10. The Hall–Kier alpha value is -2.80. The minimum Gasteiger partial charge on any atom is -0.431 e. The first-order chi connectivity index (χ1) is 11.2. The van der Waals surface area contributed by atoms with E-state index >= 15 is 0 Å². The van der Waals surface area contributed by atoms with Crippen LogP contribution in [0.25, 0.3) is 11.1 Å². The van der Waals surface area contributed by atoms with Crippen molar-refractivity contribution in [3.63, 3.8) is 0 Å². The molecule has 0 aliphatic carbocycles. The molecule has 23 heavy (non-hydrogen) atoms. The van der Waals surface area contributed by atoms with E-state index in [9.17, 15) is 9.59 Å². The molecule has 0 bridgehead atoms. The largest absolute Gasteiger partial charge is 0.431 e. The fraction of sp³-hybridized carbons (Fsp3) is 0.0625. The van der Waals surface area contributed by atoms with E-state index in [2.05, 4.69) is 15.6 Å². The Labute approximate surface area is 136 Å². The number of imide groups is 1. The molecule has 0 saturated heterocycles. The van der Waals surface area contributed by atoms with Crippen LogP contribution >= 0.6 is 11.8 Å². The van der Waals surface area contributed by atoms with Crippen molar-refractivity contribution < 1.29 is 14.0 Å². The molecule has 3 rings (SSSR count). The van der Waals surface area contributed by atoms with Crippen LogP contribution in [0.2, 0.25) is 0 Å². The van der Waals surface area contributed by atoms with E-state index in [-0.39, 0.29) is 5.75 Å². The zero-order chi connectivity index (χ0) is 16.1. The molecule has 2 aromatic carbocycles. The van der Waals surface area contributed by atoms with E-state index in [1.54, 1.807) is 30.3 Å². The van der Waals surface area contributed by atoms with E-state index in [0.29, 0.717) is 16.5 Å². The van der Waals surface area contributed by atoms with Crippen molar-refractivity contribution in [3.8, 4) is 0 Å². The van der Waals surface area contributed by atoms with E-state index in [4.69, 9.17) is 4.42 Å². The van der Waals surface area contributed by atoms with Gasteiger partial charge in [-0.1, -0.05) is 42.1 Å². The summed E-state index contributed by atoms with van der Waals surface area (Å²) >= 11 is 1.13. The topological polar surface area (TPSA) is 84.2 Å². The fourth-order valence-electron chi connectivity index (χ4n) is 1.89. The monoisotopic (exact) mass is 327 g/mol. The van der Waals surface area contributed by atoms with Crippen LogP contribution in [0, 0.1) is 0 Å². The van der Waals surface area contributed by atoms with Crippen LogP contribution in [0.5, 0.6) is 0 Å². The van der Waals surface area contributed by atoms with Crippen molar-refractivity contribution >= 4 is 40.5 Å². The molecular weight excluding hydrogens is 314 g/mol. The lowest BCUT2D eigenvalue weighted by Crippen LogP contribution is -2.35. The molecule has 0 aliphatic heterocycles. The minimum atomic E-state index is -0.570. The van der Waals surface area contributed by atoms with Gasteiger partial charge in [-0.25, -0.2) is 9.78 Å². The number of hydrogen-bond acceptors (Lipinski definition) is 5. The maximum atomic E-state index is 11.8. The van der Waals surface area contributed by atoms with Gasteiger partial charge >= 0.3 is 6.03 Å². The summed E-state index contributed by atoms with van der Waals surface area (Å²) in [6.45, 7) is 0. The van der Waals surface area contributed by atoms with Gasteiger partial charge in [0.25, 0.3) is 5.22 Å². The number of aromatic nitrogens is 1. The summed E-state index contributed by atoms with van der Waals surface area (Å²) in [4.78, 5) is 27.7. The van der Waals surface area contributed by atoms with Gasteiger partial charge in [-0.3, -0.25) is 10.1 Å². The van der Waals surface area contributed by atoms with Gasteiger partial charge in [0.1, 0.15) is 5.52 Å². The molecule has 116 valence electrons. The predicted octanol–water partition coefficient (Wildman–Crippen LogP) is 3.27. The van der Waals surface area contributed by atoms with Gasteiger partial charge in [0, 0.05) is 5.69 Å². The highest BCUT2D eigenvalue weighted by molar-refractivity contribution is 7.99. The van der Waals surface area contributed by atoms with Crippen molar-refractivity contribution in [2.45, 2.75) is 5.22 Å². The zero-order valence-electron chi connectivity index (χ0n) is 12.0. The Morgan fingerprint density at radius 2 is 1.78 bits per heavy atom. The van der Waals surface area contributed by atoms with Gasteiger partial charge in [0.15, 0.2) is 5.58 Å². The fourth-order valence-corrected chi connectivity index (χ4v) is 2.52. The molecule has 0 saturated carbocycles. The number of anilines is 1. The molecule has 0 atom stereocenters. The van der Waals surface area contributed by atoms with Crippen molar-refractivity contribution in [1.82, 2.24) is 10.3 Å². The lowest BCUT2D eigenvalue weighted by atomic mass is 10.3. The van der Waals surface area contributed by atoms with Crippen LogP contribution in [0.4, 0.5) is 10.5 Å². The summed E-state index contributed by atoms with van der Waals surface area (Å²) in [5.41, 5.74) is 2.01. The second kappa shape index (κ2) is 6.97. The molecule has 6 nitrogen and oxygen atoms in total. The number of carbonyl (C=O) groups is 2. The Morgan fingerprint density at radius 3 is 2.57 bits per heavy atom. The summed E-state index contributed by atoms with van der Waals surface area (Å²) in [7, 11) is 0. The van der Waals surface area contributed by atoms with E-state index in [1.807, 2.05) is 24.3 Å². The quantitative estimate of drug-likeness (QED) is 0.719. The molecule has 0 aliphatic rings. The van der Waals surface area contributed by atoms with Crippen molar-refractivity contribution in [3.05, 3.63) is 54.6 Å². The Bertz CT molecular complexity index is 800. The number of para-hydroxylation sites is 3. The number of hydrogen-bond donors (Lipinski definition) is 2. The molecule has 0 unspecified atom stereocenters. The molecule has 0 fully saturated rings. The van der Waals surface area contributed by atoms with Gasteiger partial charge in [-0.2, -0.15) is 0 Å². The molecule has 2 N–H and O–H groups in total. The average molecular weight is 327 g/mol. The normalized spacial score (nSPS) is 10.4. The first-order valence-electron chi connectivity index (χ1n) is 6.85. The van der Waals surface area contributed by atoms with E-state index in [0.717, 1.165) is 17.3 Å². The Balaban J connectivity index is 1.50. The molecule has 0 spiro atoms. The number of thioether (sulfide) groups is 1. The standard InChI is InChI=1S/C16H13N3O3S/c20-14(19-15(21)17-11-6-2-1-3-7-11)10-23-16-18-12-8-4-5-9-13(12)22-16/h1-9H,10H2,(H2,17,19,20,21). The zero-order valence-corrected chi connectivity index (χ0v) is 12.8. The van der Waals surface area contributed by atoms with Crippen LogP contribution in [0.3, 0.4) is 0 Å². The highest BCUT2D eigenvalue weighted by atomic mass is 32.2. The lowest BCUT2D eigenvalue weighted by Gasteiger charge is -2.05. The highest BCUT2D eigenvalue weighted by Gasteiger charge is 2.11. The van der Waals surface area contributed by atoms with Crippen LogP contribution in [0.1, 0.15) is 0 Å². The number of nitrogens with zero attached hydrogens (tertiary/aromatic N) is 1. The highest BCUT2D eigenvalue weighted by Crippen LogP contribution is 2.22. The van der Waals surface area contributed by atoms with Crippen molar-refractivity contribution in [2.75, 3.05) is 11.1 Å². The third-order valence-electron chi connectivity index (χ3n) is 2.89. The van der Waals surface area contributed by atoms with Crippen LogP contribution in [0.15, 0.2) is 64.2 Å². The molecule has 3 amide bonds. The van der Waals surface area contributed by atoms with Gasteiger partial charge in [-0.05, 0) is 24.3 Å². The molecule has 7 heteroatoms. The second-order valence-corrected chi connectivity index (χ2v) is 5.53. The van der Waals surface area contributed by atoms with Gasteiger partial charge in [-0.15, -0.1) is 0 Å². The SMILES string of the molecule is O=C(CSc1nc2ccccc2o1)NC(=O)Nc1ccccc1. The molecule has 1 aromatic heterocycles. The molecular formula is C16H13N3O3S. The number of carbonyl (C=O) groups excluding carboxylic acids is 2. The van der Waals surface area contributed by atoms with Crippen molar-refractivity contribution in [2.24, 2.45) is 0 Å². The number of nitrogens with one attached hydrogen (secondary N) is 2. The molecule has 3 aromatic rings. The molecule has 0 radical (unpaired) electrons. The maximum Gasteiger partial charge on any atom is 0.325 e. The van der Waals surface area contributed by atoms with E-state index < -0.39 is 11.9 Å². The average Bonchev–Trinajstić information content (AvgIpc) is 2.96. The minimum absolute atomic E-state index is 0.0367. The Kier molecular flexibility index (Phi) is 4.58. The van der Waals surface area contributed by atoms with Gasteiger partial charge in [0.05, 0.1) is 5.75 Å². The summed E-state index contributed by atoms with van der Waals surface area (Å²) in [5.74, 6) is -0.389. The third-order valence-corrected chi connectivity index (χ3v) is 3.71. The summed E-state index contributed by atoms with van der Waals surface area (Å²) in [6, 6.07) is 15.7. The van der Waals surface area contributed by atoms with Crippen LogP contribution < -0.4 is 10.6 Å². The predicted molar refractivity (Wildman–Crippen MR) is 88.3 cm³/mol. The second-order valence-electron chi connectivity index (χ2n) is 4.60. The van der Waals surface area contributed by atoms with Gasteiger partial charge in [0.2, 0.25) is 5.91 Å². The number of fused-ring (bicyclic) bond motifs is 1. The maximum absolute atomic E-state index is 11.8. The van der Waals surface area contributed by atoms with Crippen LogP contribution in [-0.2, 0) is 4.79 Å². The van der Waals surface area contributed by atoms with Crippen molar-refractivity contribution in [1.29, 1.82) is 0 Å². The first-order valence-corrected chi connectivity index (χ1v) is 7.83. The Morgan fingerprint density at radius 1 is 1.04 bits per heavy atom. The summed E-state index contributed by atoms with van der Waals surface area (Å²) in [6.07, 6.45) is 0. The number of oxazole rings is 1. The smallest absolute Gasteiger partial charge is 0.325 e. The van der Waals surface area contributed by atoms with Crippen LogP contribution in [-0.4, -0.2) is 22.7 Å². The van der Waals surface area contributed by atoms with E-state index in [1.165, 1.54) is 0 Å². The summed E-state index contributed by atoms with van der Waals surface area (Å²) < 4.78 is 5.49. The first kappa shape index (κ1) is 15.1. The summed E-state index contributed by atoms with van der Waals surface area (Å²) in [5, 5.41) is 5.22. The number of urea groups is 1. The number of amides is 3. The number of rotatable bonds is 4. The molecule has 1 heterocycles. The lowest BCUT2D eigenvalue weighted by molar-refractivity contribution is -0.117. The van der Waals surface area contributed by atoms with Gasteiger partial charge < -0.3 is 9.73 Å².